The average molecular weight is 470 g/mol. The lowest BCUT2D eigenvalue weighted by Crippen LogP contribution is -2.64. The Bertz CT molecular complexity index is 1000. The summed E-state index contributed by atoms with van der Waals surface area (Å²) in [5.41, 5.74) is 6.98. The van der Waals surface area contributed by atoms with Crippen molar-refractivity contribution >= 4 is 11.7 Å². The summed E-state index contributed by atoms with van der Waals surface area (Å²) >= 11 is 0. The van der Waals surface area contributed by atoms with Crippen LogP contribution in [0.1, 0.15) is 69.8 Å². The molecule has 3 aliphatic rings. The van der Waals surface area contributed by atoms with E-state index in [1.807, 2.05) is 32.1 Å². The number of nitrogens with one attached hydrogen (secondary N) is 2. The van der Waals surface area contributed by atoms with Crippen molar-refractivity contribution in [3.05, 3.63) is 41.2 Å². The molecule has 3 heterocycles. The molecule has 0 aromatic heterocycles. The smallest absolute Gasteiger partial charge is 0.255 e. The number of hydrogen-bond acceptors (Lipinski definition) is 6. The van der Waals surface area contributed by atoms with E-state index < -0.39 is 17.7 Å². The molecule has 0 bridgehead atoms. The first-order chi connectivity index (χ1) is 16.1. The second-order valence-electron chi connectivity index (χ2n) is 10.5. The number of aliphatic imine (C=N–C) groups is 1. The molecule has 186 valence electrons. The van der Waals surface area contributed by atoms with Crippen molar-refractivity contribution in [3.8, 4) is 5.75 Å². The predicted octanol–water partition coefficient (Wildman–Crippen LogP) is 2.27. The molecule has 4 rings (SSSR count). The lowest BCUT2D eigenvalue weighted by atomic mass is 9.79. The maximum absolute atomic E-state index is 13.4. The van der Waals surface area contributed by atoms with Crippen LogP contribution in [0.3, 0.4) is 0 Å². The van der Waals surface area contributed by atoms with E-state index in [0.717, 1.165) is 30.6 Å². The van der Waals surface area contributed by atoms with E-state index in [-0.39, 0.29) is 17.4 Å². The second kappa shape index (κ2) is 9.13. The van der Waals surface area contributed by atoms with Crippen molar-refractivity contribution in [2.45, 2.75) is 83.0 Å². The summed E-state index contributed by atoms with van der Waals surface area (Å²) in [6, 6.07) is 5.02. The maximum Gasteiger partial charge on any atom is 0.255 e. The van der Waals surface area contributed by atoms with E-state index in [4.69, 9.17) is 15.5 Å². The molecule has 3 aliphatic heterocycles. The van der Waals surface area contributed by atoms with Gasteiger partial charge in [0.15, 0.2) is 0 Å². The number of ether oxygens (including phenoxy) is 1. The Balaban J connectivity index is 1.61. The molecule has 5 N–H and O–H groups in total. The summed E-state index contributed by atoms with van der Waals surface area (Å²) in [5, 5.41) is 18.1. The van der Waals surface area contributed by atoms with Crippen molar-refractivity contribution in [2.24, 2.45) is 10.7 Å². The van der Waals surface area contributed by atoms with Gasteiger partial charge in [0.1, 0.15) is 11.9 Å². The molecule has 8 heteroatoms. The normalized spacial score (nSPS) is 31.4. The zero-order valence-corrected chi connectivity index (χ0v) is 21.0. The van der Waals surface area contributed by atoms with Crippen molar-refractivity contribution < 1.29 is 14.6 Å². The molecule has 1 aromatic rings. The number of para-hydroxylation sites is 1. The molecule has 0 aliphatic carbocycles. The second-order valence-corrected chi connectivity index (χ2v) is 10.5. The number of nitrogens with zero attached hydrogens (tertiary/aromatic N) is 2. The standard InChI is InChI=1S/C26H39N5O3/c1-6-9-20(27)30-19-14-28-21(7-2)31-15-18(23(32)26(19,31)5)29-24(33)16-10-8-11-17-22(16)34-13-12-25(17,3)4/h7-8,10-11,18-19,23,28,32H,6,9,12-15H2,1-5H3,(H2,27,30)(H,29,33)/b21-7-. The summed E-state index contributed by atoms with van der Waals surface area (Å²) in [6.07, 6.45) is 3.70. The number of allylic oxidation sites excluding steroid dienone is 1. The van der Waals surface area contributed by atoms with Crippen LogP contribution in [0.5, 0.6) is 5.75 Å². The third-order valence-electron chi connectivity index (χ3n) is 7.76. The number of carbonyl (C=O) groups excluding carboxylic acids is 1. The number of amides is 1. The van der Waals surface area contributed by atoms with Crippen LogP contribution in [-0.2, 0) is 5.41 Å². The molecular weight excluding hydrogens is 430 g/mol. The van der Waals surface area contributed by atoms with Crippen molar-refractivity contribution in [1.82, 2.24) is 15.5 Å². The van der Waals surface area contributed by atoms with Gasteiger partial charge in [-0.05, 0) is 44.2 Å². The molecule has 0 saturated carbocycles. The van der Waals surface area contributed by atoms with Gasteiger partial charge in [-0.3, -0.25) is 9.79 Å². The van der Waals surface area contributed by atoms with Crippen LogP contribution in [0.25, 0.3) is 0 Å². The Morgan fingerprint density at radius 1 is 1.41 bits per heavy atom. The van der Waals surface area contributed by atoms with Gasteiger partial charge in [-0.25, -0.2) is 0 Å². The Kier molecular flexibility index (Phi) is 6.55. The van der Waals surface area contributed by atoms with Crippen molar-refractivity contribution in [1.29, 1.82) is 0 Å². The van der Waals surface area contributed by atoms with Gasteiger partial charge in [0, 0.05) is 25.1 Å². The van der Waals surface area contributed by atoms with E-state index >= 15 is 0 Å². The molecule has 0 spiro atoms. The average Bonchev–Trinajstić information content (AvgIpc) is 3.05. The number of hydrogen-bond donors (Lipinski definition) is 4. The summed E-state index contributed by atoms with van der Waals surface area (Å²) in [5.74, 6) is 1.94. The SMILES string of the molecule is C/C=C1/NCC(N=C(N)CCC)C2(C)C(O)C(NC(=O)c3cccc4c3OCCC4(C)C)CN12. The van der Waals surface area contributed by atoms with Crippen LogP contribution < -0.4 is 21.1 Å². The first-order valence-corrected chi connectivity index (χ1v) is 12.4. The number of carbonyl (C=O) groups is 1. The van der Waals surface area contributed by atoms with Gasteiger partial charge >= 0.3 is 0 Å². The minimum Gasteiger partial charge on any atom is -0.492 e. The minimum atomic E-state index is -0.825. The zero-order chi connectivity index (χ0) is 24.7. The zero-order valence-electron chi connectivity index (χ0n) is 21.0. The monoisotopic (exact) mass is 469 g/mol. The Morgan fingerprint density at radius 3 is 2.88 bits per heavy atom. The van der Waals surface area contributed by atoms with Crippen LogP contribution in [0, 0.1) is 0 Å². The third kappa shape index (κ3) is 4.02. The lowest BCUT2D eigenvalue weighted by Gasteiger charge is -2.48. The maximum atomic E-state index is 13.4. The van der Waals surface area contributed by atoms with Gasteiger partial charge in [0.2, 0.25) is 0 Å². The van der Waals surface area contributed by atoms with E-state index in [0.29, 0.717) is 36.8 Å². The van der Waals surface area contributed by atoms with Gasteiger partial charge in [0.25, 0.3) is 5.91 Å². The van der Waals surface area contributed by atoms with Crippen LogP contribution in [-0.4, -0.2) is 65.2 Å². The van der Waals surface area contributed by atoms with Crippen LogP contribution in [0.2, 0.25) is 0 Å². The largest absolute Gasteiger partial charge is 0.492 e. The first-order valence-electron chi connectivity index (χ1n) is 12.4. The fourth-order valence-electron chi connectivity index (χ4n) is 5.57. The van der Waals surface area contributed by atoms with Crippen LogP contribution in [0.15, 0.2) is 35.1 Å². The van der Waals surface area contributed by atoms with Crippen LogP contribution in [0.4, 0.5) is 0 Å². The quantitative estimate of drug-likeness (QED) is 0.389. The minimum absolute atomic E-state index is 0.0546. The van der Waals surface area contributed by atoms with Crippen molar-refractivity contribution in [2.75, 3.05) is 19.7 Å². The number of rotatable bonds is 5. The summed E-state index contributed by atoms with van der Waals surface area (Å²) in [6.45, 7) is 12.0. The van der Waals surface area contributed by atoms with E-state index in [1.54, 1.807) is 6.07 Å². The molecule has 34 heavy (non-hydrogen) atoms. The highest BCUT2D eigenvalue weighted by molar-refractivity contribution is 5.98. The number of nitrogens with two attached hydrogens (primary N) is 1. The fourth-order valence-corrected chi connectivity index (χ4v) is 5.57. The number of fused-ring (bicyclic) bond motifs is 2. The molecule has 8 nitrogen and oxygen atoms in total. The Morgan fingerprint density at radius 2 is 2.18 bits per heavy atom. The number of aliphatic hydroxyl groups excluding tert-OH is 1. The fraction of sp³-hybridized carbons (Fsp3) is 0.615. The number of benzene rings is 1. The molecule has 4 unspecified atom stereocenters. The van der Waals surface area contributed by atoms with E-state index in [2.05, 4.69) is 36.3 Å². The lowest BCUT2D eigenvalue weighted by molar-refractivity contribution is 0.0142. The van der Waals surface area contributed by atoms with Gasteiger partial charge in [-0.15, -0.1) is 0 Å². The van der Waals surface area contributed by atoms with Gasteiger partial charge in [-0.2, -0.15) is 0 Å². The van der Waals surface area contributed by atoms with Crippen LogP contribution >= 0.6 is 0 Å². The molecule has 1 amide bonds. The molecule has 2 saturated heterocycles. The number of aliphatic hydroxyl groups is 1. The molecule has 1 aromatic carbocycles. The van der Waals surface area contributed by atoms with Gasteiger partial charge < -0.3 is 31.1 Å². The van der Waals surface area contributed by atoms with E-state index in [1.165, 1.54) is 0 Å². The highest BCUT2D eigenvalue weighted by atomic mass is 16.5. The van der Waals surface area contributed by atoms with E-state index in [9.17, 15) is 9.90 Å². The van der Waals surface area contributed by atoms with Gasteiger partial charge in [0.05, 0.1) is 41.4 Å². The Hall–Kier alpha value is -2.74. The third-order valence-corrected chi connectivity index (χ3v) is 7.76. The first kappa shape index (κ1) is 24.4. The van der Waals surface area contributed by atoms with Crippen molar-refractivity contribution in [3.63, 3.8) is 0 Å². The molecule has 2 fully saturated rings. The molecular formula is C26H39N5O3. The van der Waals surface area contributed by atoms with Gasteiger partial charge in [-0.1, -0.05) is 32.9 Å². The topological polar surface area (TPSA) is 112 Å². The highest BCUT2D eigenvalue weighted by Gasteiger charge is 2.57. The predicted molar refractivity (Wildman–Crippen MR) is 134 cm³/mol. The summed E-state index contributed by atoms with van der Waals surface area (Å²) in [4.78, 5) is 20.3. The Labute approximate surface area is 202 Å². The summed E-state index contributed by atoms with van der Waals surface area (Å²) in [7, 11) is 0. The molecule has 0 radical (unpaired) electrons. The summed E-state index contributed by atoms with van der Waals surface area (Å²) < 4.78 is 5.95. The highest BCUT2D eigenvalue weighted by Crippen LogP contribution is 2.41. The number of amidine groups is 1. The molecule has 4 atom stereocenters.